The lowest BCUT2D eigenvalue weighted by molar-refractivity contribution is 0.491. The van der Waals surface area contributed by atoms with E-state index < -0.39 is 0 Å². The summed E-state index contributed by atoms with van der Waals surface area (Å²) in [5, 5.41) is 10.5. The number of piperidine rings is 1. The Labute approximate surface area is 184 Å². The van der Waals surface area contributed by atoms with Gasteiger partial charge in [-0.2, -0.15) is 5.26 Å². The molecule has 3 heterocycles. The minimum absolute atomic E-state index is 0.0557. The van der Waals surface area contributed by atoms with Crippen LogP contribution in [0.2, 0.25) is 0 Å². The molecule has 0 N–H and O–H groups in total. The molecule has 1 saturated heterocycles. The molecule has 1 aromatic carbocycles. The number of benzene rings is 1. The highest BCUT2D eigenvalue weighted by Crippen LogP contribution is 2.37. The third kappa shape index (κ3) is 3.45. The number of rotatable bonds is 3. The molecular formula is C24H29N5S. The van der Waals surface area contributed by atoms with Crippen molar-refractivity contribution in [3.05, 3.63) is 40.8 Å². The van der Waals surface area contributed by atoms with Crippen molar-refractivity contribution in [2.24, 2.45) is 5.92 Å². The lowest BCUT2D eigenvalue weighted by atomic mass is 9.99. The average molecular weight is 420 g/mol. The Morgan fingerprint density at radius 1 is 1.20 bits per heavy atom. The molecule has 0 saturated carbocycles. The molecule has 3 aromatic rings. The van der Waals surface area contributed by atoms with Gasteiger partial charge in [-0.3, -0.25) is 4.57 Å². The summed E-state index contributed by atoms with van der Waals surface area (Å²) in [5.41, 5.74) is 5.55. The Hall–Kier alpha value is -2.52. The van der Waals surface area contributed by atoms with Crippen LogP contribution in [0.1, 0.15) is 55.3 Å². The van der Waals surface area contributed by atoms with Crippen LogP contribution in [0.15, 0.2) is 23.1 Å². The molecule has 0 bridgehead atoms. The minimum atomic E-state index is 0.0557. The van der Waals surface area contributed by atoms with E-state index >= 15 is 0 Å². The number of nitriles is 1. The van der Waals surface area contributed by atoms with Crippen LogP contribution in [0.5, 0.6) is 0 Å². The molecule has 1 unspecified atom stereocenters. The highest BCUT2D eigenvalue weighted by molar-refractivity contribution is 7.80. The standard InChI is InChI=1S/C24H29N5S/c1-14(2)19-8-9-20(21(30)11-19)29-16(4)15(3)22-23(26-17(5)27-24(22)29)28-10-6-7-18(12-25)13-28/h8-9,11,14,18,30H,6-7,10,13H2,1-5H3. The summed E-state index contributed by atoms with van der Waals surface area (Å²) in [5.74, 6) is 2.21. The quantitative estimate of drug-likeness (QED) is 0.570. The van der Waals surface area contributed by atoms with Gasteiger partial charge in [0.25, 0.3) is 0 Å². The van der Waals surface area contributed by atoms with Crippen LogP contribution in [0.25, 0.3) is 16.7 Å². The van der Waals surface area contributed by atoms with E-state index in [4.69, 9.17) is 22.6 Å². The van der Waals surface area contributed by atoms with Gasteiger partial charge in [0.2, 0.25) is 0 Å². The molecule has 0 spiro atoms. The maximum absolute atomic E-state index is 9.44. The topological polar surface area (TPSA) is 57.7 Å². The monoisotopic (exact) mass is 419 g/mol. The van der Waals surface area contributed by atoms with Crippen LogP contribution in [-0.2, 0) is 0 Å². The first-order valence-corrected chi connectivity index (χ1v) is 11.1. The van der Waals surface area contributed by atoms with Gasteiger partial charge in [-0.1, -0.05) is 19.9 Å². The van der Waals surface area contributed by atoms with Gasteiger partial charge in [0, 0.05) is 23.7 Å². The van der Waals surface area contributed by atoms with Crippen LogP contribution in [-0.4, -0.2) is 27.6 Å². The predicted octanol–water partition coefficient (Wildman–Crippen LogP) is 5.50. The summed E-state index contributed by atoms with van der Waals surface area (Å²) in [7, 11) is 0. The van der Waals surface area contributed by atoms with Gasteiger partial charge in [-0.15, -0.1) is 12.6 Å². The van der Waals surface area contributed by atoms with Gasteiger partial charge < -0.3 is 4.90 Å². The maximum Gasteiger partial charge on any atom is 0.150 e. The number of thiol groups is 1. The van der Waals surface area contributed by atoms with E-state index in [1.54, 1.807) is 0 Å². The molecule has 30 heavy (non-hydrogen) atoms. The van der Waals surface area contributed by atoms with Crippen LogP contribution in [0, 0.1) is 38.0 Å². The summed E-state index contributed by atoms with van der Waals surface area (Å²) in [4.78, 5) is 12.9. The van der Waals surface area contributed by atoms with Crippen molar-refractivity contribution in [3.8, 4) is 11.8 Å². The summed E-state index contributed by atoms with van der Waals surface area (Å²) < 4.78 is 2.21. The second kappa shape index (κ2) is 7.96. The van der Waals surface area contributed by atoms with Crippen molar-refractivity contribution < 1.29 is 0 Å². The molecule has 5 nitrogen and oxygen atoms in total. The summed E-state index contributed by atoms with van der Waals surface area (Å²) in [6, 6.07) is 8.92. The third-order valence-electron chi connectivity index (χ3n) is 6.26. The Bertz CT molecular complexity index is 1150. The Morgan fingerprint density at radius 2 is 1.97 bits per heavy atom. The zero-order chi connectivity index (χ0) is 21.6. The van der Waals surface area contributed by atoms with E-state index in [2.05, 4.69) is 61.4 Å². The van der Waals surface area contributed by atoms with Crippen LogP contribution in [0.3, 0.4) is 0 Å². The van der Waals surface area contributed by atoms with Crippen LogP contribution < -0.4 is 4.90 Å². The Morgan fingerprint density at radius 3 is 2.63 bits per heavy atom. The van der Waals surface area contributed by atoms with Crippen molar-refractivity contribution >= 4 is 29.5 Å². The van der Waals surface area contributed by atoms with Crippen LogP contribution in [0.4, 0.5) is 5.82 Å². The number of hydrogen-bond donors (Lipinski definition) is 1. The predicted molar refractivity (Wildman–Crippen MR) is 125 cm³/mol. The molecule has 0 aliphatic carbocycles. The first-order valence-electron chi connectivity index (χ1n) is 10.7. The van der Waals surface area contributed by atoms with Crippen molar-refractivity contribution in [2.75, 3.05) is 18.0 Å². The van der Waals surface area contributed by atoms with Gasteiger partial charge in [-0.25, -0.2) is 9.97 Å². The fourth-order valence-corrected chi connectivity index (χ4v) is 4.76. The van der Waals surface area contributed by atoms with Crippen molar-refractivity contribution in [1.82, 2.24) is 14.5 Å². The van der Waals surface area contributed by atoms with Gasteiger partial charge in [-0.05, 0) is 62.8 Å². The van der Waals surface area contributed by atoms with E-state index in [1.165, 1.54) is 11.1 Å². The van der Waals surface area contributed by atoms with E-state index in [0.29, 0.717) is 5.92 Å². The number of nitrogens with zero attached hydrogens (tertiary/aromatic N) is 5. The van der Waals surface area contributed by atoms with Crippen LogP contribution >= 0.6 is 12.6 Å². The maximum atomic E-state index is 9.44. The molecule has 6 heteroatoms. The number of hydrogen-bond acceptors (Lipinski definition) is 5. The summed E-state index contributed by atoms with van der Waals surface area (Å²) in [6.45, 7) is 12.3. The average Bonchev–Trinajstić information content (AvgIpc) is 2.97. The zero-order valence-electron chi connectivity index (χ0n) is 18.4. The second-order valence-electron chi connectivity index (χ2n) is 8.66. The van der Waals surface area contributed by atoms with Crippen molar-refractivity contribution in [1.29, 1.82) is 5.26 Å². The second-order valence-corrected chi connectivity index (χ2v) is 9.14. The molecule has 1 aliphatic heterocycles. The van der Waals surface area contributed by atoms with Gasteiger partial charge in [0.1, 0.15) is 11.6 Å². The Balaban J connectivity index is 1.93. The molecule has 1 fully saturated rings. The van der Waals surface area contributed by atoms with E-state index in [1.807, 2.05) is 6.92 Å². The van der Waals surface area contributed by atoms with E-state index in [-0.39, 0.29) is 5.92 Å². The minimum Gasteiger partial charge on any atom is -0.355 e. The summed E-state index contributed by atoms with van der Waals surface area (Å²) in [6.07, 6.45) is 1.98. The molecule has 4 rings (SSSR count). The molecule has 0 amide bonds. The molecule has 2 aromatic heterocycles. The van der Waals surface area contributed by atoms with Crippen molar-refractivity contribution in [3.63, 3.8) is 0 Å². The smallest absolute Gasteiger partial charge is 0.150 e. The van der Waals surface area contributed by atoms with Crippen molar-refractivity contribution in [2.45, 2.75) is 58.3 Å². The van der Waals surface area contributed by atoms with Gasteiger partial charge >= 0.3 is 0 Å². The van der Waals surface area contributed by atoms with E-state index in [9.17, 15) is 5.26 Å². The summed E-state index contributed by atoms with van der Waals surface area (Å²) >= 11 is 4.82. The molecular weight excluding hydrogens is 390 g/mol. The molecule has 1 aliphatic rings. The largest absolute Gasteiger partial charge is 0.355 e. The lowest BCUT2D eigenvalue weighted by Crippen LogP contribution is -2.35. The van der Waals surface area contributed by atoms with E-state index in [0.717, 1.165) is 64.9 Å². The number of anilines is 1. The Kier molecular flexibility index (Phi) is 5.50. The number of fused-ring (bicyclic) bond motifs is 1. The van der Waals surface area contributed by atoms with Gasteiger partial charge in [0.15, 0.2) is 5.65 Å². The fourth-order valence-electron chi connectivity index (χ4n) is 4.44. The SMILES string of the molecule is Cc1nc(N2CCCC(C#N)C2)c2c(C)c(C)n(-c3ccc(C(C)C)cc3S)c2n1. The first-order chi connectivity index (χ1) is 14.3. The molecule has 1 atom stereocenters. The number of aromatic nitrogens is 3. The fraction of sp³-hybridized carbons (Fsp3) is 0.458. The normalized spacial score (nSPS) is 17.0. The first kappa shape index (κ1) is 20.7. The third-order valence-corrected chi connectivity index (χ3v) is 6.62. The zero-order valence-corrected chi connectivity index (χ0v) is 19.3. The highest BCUT2D eigenvalue weighted by atomic mass is 32.1. The van der Waals surface area contributed by atoms with Gasteiger partial charge in [0.05, 0.1) is 23.1 Å². The highest BCUT2D eigenvalue weighted by Gasteiger charge is 2.26. The molecule has 156 valence electrons. The number of aryl methyl sites for hydroxylation is 2. The molecule has 0 radical (unpaired) electrons. The lowest BCUT2D eigenvalue weighted by Gasteiger charge is -2.31.